The van der Waals surface area contributed by atoms with Crippen molar-refractivity contribution in [1.29, 1.82) is 0 Å². The Bertz CT molecular complexity index is 5000. The first-order valence-electron chi connectivity index (χ1n) is 36.6. The average molecular weight is 1450 g/mol. The number of fused-ring (bicyclic) bond motifs is 4. The Balaban J connectivity index is 0.795. The summed E-state index contributed by atoms with van der Waals surface area (Å²) in [4.78, 5) is 62.7. The molecule has 0 spiro atoms. The Kier molecular flexibility index (Phi) is 19.7. The lowest BCUT2D eigenvalue weighted by molar-refractivity contribution is -0.142. The van der Waals surface area contributed by atoms with Crippen molar-refractivity contribution >= 4 is 45.5 Å². The third-order valence-electron chi connectivity index (χ3n) is 21.2. The number of pyridine rings is 1. The quantitative estimate of drug-likeness (QED) is 0.0505. The molecule has 3 aliphatic heterocycles. The molecular weight excluding hydrogens is 1360 g/mol. The van der Waals surface area contributed by atoms with Gasteiger partial charge in [0, 0.05) is 84.7 Å². The zero-order valence-electron chi connectivity index (χ0n) is 61.0. The summed E-state index contributed by atoms with van der Waals surface area (Å²) in [5.41, 5.74) is 7.98. The van der Waals surface area contributed by atoms with Gasteiger partial charge in [-0.15, -0.1) is 5.10 Å². The number of methoxy groups -OCH3 is 1. The van der Waals surface area contributed by atoms with Crippen LogP contribution >= 0.6 is 0 Å². The summed E-state index contributed by atoms with van der Waals surface area (Å²) in [6.45, 7) is 13.5. The number of anilines is 1. The number of aliphatic hydroxyl groups excluding tert-OH is 2. The Morgan fingerprint density at radius 3 is 2.01 bits per heavy atom. The van der Waals surface area contributed by atoms with Crippen molar-refractivity contribution in [1.82, 2.24) is 54.8 Å². The fourth-order valence-corrected chi connectivity index (χ4v) is 15.7. The van der Waals surface area contributed by atoms with Gasteiger partial charge in [0.25, 0.3) is 0 Å². The molecule has 11 aromatic rings. The van der Waals surface area contributed by atoms with E-state index < -0.39 is 65.4 Å². The number of carbonyl (C=O) groups excluding carboxylic acids is 3. The summed E-state index contributed by atoms with van der Waals surface area (Å²) in [5.74, 6) is -1.24. The van der Waals surface area contributed by atoms with Crippen molar-refractivity contribution in [3.63, 3.8) is 0 Å². The van der Waals surface area contributed by atoms with Crippen molar-refractivity contribution in [2.75, 3.05) is 44.9 Å². The number of nitrogens with zero attached hydrogens (tertiary/aromatic N) is 11. The molecule has 23 heteroatoms. The molecule has 4 fully saturated rings. The van der Waals surface area contributed by atoms with Crippen molar-refractivity contribution in [3.8, 4) is 45.3 Å². The lowest BCUT2D eigenvalue weighted by atomic mass is 9.77. The summed E-state index contributed by atoms with van der Waals surface area (Å²) in [6.07, 6.45) is 7.07. The van der Waals surface area contributed by atoms with Crippen molar-refractivity contribution in [3.05, 3.63) is 233 Å². The van der Waals surface area contributed by atoms with Gasteiger partial charge in [0.15, 0.2) is 5.75 Å². The third-order valence-corrected chi connectivity index (χ3v) is 21.2. The Morgan fingerprint density at radius 1 is 0.729 bits per heavy atom. The van der Waals surface area contributed by atoms with E-state index in [0.717, 1.165) is 46.9 Å². The van der Waals surface area contributed by atoms with Crippen molar-refractivity contribution in [2.24, 2.45) is 5.92 Å². The zero-order valence-corrected chi connectivity index (χ0v) is 61.0. The largest absolute Gasteiger partial charge is 0.486 e. The molecule has 107 heavy (non-hydrogen) atoms. The number of rotatable bonds is 23. The van der Waals surface area contributed by atoms with Crippen LogP contribution < -0.4 is 19.7 Å². The van der Waals surface area contributed by atoms with Crippen LogP contribution in [0.25, 0.3) is 55.3 Å². The van der Waals surface area contributed by atoms with Gasteiger partial charge in [0.1, 0.15) is 65.1 Å². The van der Waals surface area contributed by atoms with Crippen LogP contribution in [0.2, 0.25) is 0 Å². The van der Waals surface area contributed by atoms with Crippen LogP contribution in [0.15, 0.2) is 183 Å². The number of hydrogen-bond acceptors (Lipinski definition) is 16. The lowest BCUT2D eigenvalue weighted by Gasteiger charge is -2.36. The van der Waals surface area contributed by atoms with E-state index in [1.165, 1.54) is 21.8 Å². The van der Waals surface area contributed by atoms with E-state index in [0.29, 0.717) is 97.5 Å². The van der Waals surface area contributed by atoms with E-state index in [9.17, 15) is 29.0 Å². The maximum Gasteiger partial charge on any atom is 0.410 e. The summed E-state index contributed by atoms with van der Waals surface area (Å²) in [6, 6.07) is 47.4. The summed E-state index contributed by atoms with van der Waals surface area (Å²) in [5, 5.41) is 40.4. The number of aromatic nitrogens is 8. The predicted molar refractivity (Wildman–Crippen MR) is 401 cm³/mol. The molecule has 21 nitrogen and oxygen atoms in total. The van der Waals surface area contributed by atoms with Gasteiger partial charge in [-0.05, 0) is 122 Å². The monoisotopic (exact) mass is 1440 g/mol. The maximum atomic E-state index is 17.6. The van der Waals surface area contributed by atoms with Crippen LogP contribution in [0.5, 0.6) is 11.8 Å². The smallest absolute Gasteiger partial charge is 0.410 e. The minimum absolute atomic E-state index is 0.00779. The topological polar surface area (TPSA) is 238 Å². The Labute approximate surface area is 619 Å². The number of benzene rings is 7. The van der Waals surface area contributed by atoms with Crippen LogP contribution in [-0.4, -0.2) is 154 Å². The first-order chi connectivity index (χ1) is 51.7. The maximum absolute atomic E-state index is 17.6. The second-order valence-corrected chi connectivity index (χ2v) is 29.9. The zero-order chi connectivity index (χ0) is 74.6. The fraction of sp³-hybridized carbons (Fsp3) is 0.345. The summed E-state index contributed by atoms with van der Waals surface area (Å²) < 4.78 is 61.3. The molecule has 7 aromatic carbocycles. The van der Waals surface area contributed by atoms with Gasteiger partial charge in [0.2, 0.25) is 11.8 Å². The number of β-amino-alcohol motifs (C(OH)–C–C–N with tert-alkyl or cyclic N) is 1. The molecule has 1 saturated carbocycles. The number of nitrogens with one attached hydrogen (secondary N) is 1. The van der Waals surface area contributed by atoms with E-state index in [4.69, 9.17) is 34.0 Å². The molecule has 2 bridgehead atoms. The number of carbonyl (C=O) groups is 3. The molecule has 0 radical (unpaired) electrons. The van der Waals surface area contributed by atoms with E-state index in [1.54, 1.807) is 43.6 Å². The second kappa shape index (κ2) is 29.4. The highest BCUT2D eigenvalue weighted by Gasteiger charge is 2.49. The van der Waals surface area contributed by atoms with Gasteiger partial charge in [0.05, 0.1) is 54.9 Å². The van der Waals surface area contributed by atoms with Gasteiger partial charge in [-0.3, -0.25) is 19.3 Å². The standard InChI is InChI=1S/C84H86F2N12O9/c1-49(2)76(80(102)96-43-62(100)37-72(96)79(101)88-71(46-99)56-32-30-53(31-33-56)63-34-35-87-40-68(63)86)97-45-70(91-93-97)55-26-24-52(25-27-55)48-105-77-74(73-51(4)67(85)39-69-66(73)44-98(92-69)84(57-18-12-9-13-19-57,58-20-14-10-15-21-58)59-22-16-11-17-23-59)64(54-28-29-54)38-65-75(77)89-81(106-47-50(3)104-8)90-78(65)94-41-61-36-60(94)42-95(61)82(103)107-83(5,6)7/h9-27,30-35,38-40,44-45,49-50,54,60-62,71-72,76,99-100H,28-29,36-37,41-43,46-48H2,1-8H3,(H,88,101)/t50-,60-,61-,62+,71-,72-,76-/m0/s1. The summed E-state index contributed by atoms with van der Waals surface area (Å²) >= 11 is 0. The van der Waals surface area contributed by atoms with Gasteiger partial charge < -0.3 is 49.2 Å². The number of aliphatic hydroxyl groups is 2. The van der Waals surface area contributed by atoms with Crippen LogP contribution in [0.3, 0.4) is 0 Å². The van der Waals surface area contributed by atoms with Gasteiger partial charge in [-0.2, -0.15) is 15.1 Å². The highest BCUT2D eigenvalue weighted by molar-refractivity contribution is 6.06. The van der Waals surface area contributed by atoms with E-state index in [2.05, 4.69) is 68.0 Å². The Hall–Kier alpha value is -11.0. The number of piperazine rings is 1. The van der Waals surface area contributed by atoms with Crippen LogP contribution in [0.1, 0.15) is 124 Å². The van der Waals surface area contributed by atoms with Crippen LogP contribution in [0.4, 0.5) is 19.4 Å². The number of amides is 3. The van der Waals surface area contributed by atoms with E-state index in [-0.39, 0.29) is 68.3 Å². The van der Waals surface area contributed by atoms with Crippen molar-refractivity contribution in [2.45, 2.75) is 140 Å². The molecule has 7 atom stereocenters. The highest BCUT2D eigenvalue weighted by atomic mass is 19.1. The molecule has 550 valence electrons. The second-order valence-electron chi connectivity index (χ2n) is 29.9. The predicted octanol–water partition coefficient (Wildman–Crippen LogP) is 13.5. The first-order valence-corrected chi connectivity index (χ1v) is 36.6. The van der Waals surface area contributed by atoms with Crippen LogP contribution in [-0.2, 0) is 31.2 Å². The van der Waals surface area contributed by atoms with E-state index in [1.807, 2.05) is 143 Å². The molecule has 1 aliphatic carbocycles. The molecule has 4 aliphatic rings. The number of likely N-dealkylation sites (tertiary alicyclic amines) is 2. The minimum Gasteiger partial charge on any atom is -0.486 e. The SMILES string of the molecule is CO[C@@H](C)COc1nc(N2C[C@@H]3C[C@H]2CN3C(=O)OC(C)(C)C)c2cc(C3CC3)c(-c3c(C)c(F)cc4nn(C(c5ccccc5)(c5ccccc5)c5ccccc5)cc34)c(OCc3ccc(-c4cn([C@H](C(=O)N5C[C@H](O)C[C@H]5C(=O)N[C@@H](CO)c5ccc(-c6ccncc6F)cc5)C(C)C)nn4)cc3)c2n1. The molecule has 3 N–H and O–H groups in total. The van der Waals surface area contributed by atoms with Gasteiger partial charge >= 0.3 is 12.1 Å². The molecule has 15 rings (SSSR count). The summed E-state index contributed by atoms with van der Waals surface area (Å²) in [7, 11) is 1.62. The average Bonchev–Trinajstić information content (AvgIpc) is 1.64. The molecule has 7 heterocycles. The van der Waals surface area contributed by atoms with Gasteiger partial charge in [-0.1, -0.05) is 159 Å². The lowest BCUT2D eigenvalue weighted by Crippen LogP contribution is -2.50. The first kappa shape index (κ1) is 71.6. The normalized spacial score (nSPS) is 18.2. The molecule has 4 aromatic heterocycles. The minimum atomic E-state index is -1.07. The van der Waals surface area contributed by atoms with Crippen molar-refractivity contribution < 1.29 is 52.3 Å². The number of halogens is 2. The Morgan fingerprint density at radius 2 is 1.40 bits per heavy atom. The fourth-order valence-electron chi connectivity index (χ4n) is 15.7. The van der Waals surface area contributed by atoms with Crippen LogP contribution in [0, 0.1) is 24.5 Å². The highest BCUT2D eigenvalue weighted by Crippen LogP contribution is 2.55. The number of hydrogen-bond donors (Lipinski definition) is 3. The molecule has 3 amide bonds. The molecular formula is C84H86F2N12O9. The molecule has 0 unspecified atom stereocenters. The van der Waals surface area contributed by atoms with Gasteiger partial charge in [-0.25, -0.2) is 18.3 Å². The number of ether oxygens (including phenoxy) is 4. The van der Waals surface area contributed by atoms with E-state index >= 15 is 4.39 Å². The third kappa shape index (κ3) is 13.9. The molecule has 3 saturated heterocycles.